The van der Waals surface area contributed by atoms with Gasteiger partial charge in [-0.05, 0) is 26.0 Å². The van der Waals surface area contributed by atoms with Crippen molar-refractivity contribution in [1.29, 1.82) is 0 Å². The molecule has 0 bridgehead atoms. The Bertz CT molecular complexity index is 271. The summed E-state index contributed by atoms with van der Waals surface area (Å²) in [5, 5.41) is 0. The Labute approximate surface area is 72.6 Å². The van der Waals surface area contributed by atoms with Gasteiger partial charge in [0.2, 0.25) is 0 Å². The van der Waals surface area contributed by atoms with Gasteiger partial charge in [-0.2, -0.15) is 0 Å². The highest BCUT2D eigenvalue weighted by Gasteiger charge is 2.04. The Morgan fingerprint density at radius 1 is 1.50 bits per heavy atom. The van der Waals surface area contributed by atoms with Crippen molar-refractivity contribution in [2.75, 3.05) is 7.11 Å². The zero-order valence-electron chi connectivity index (χ0n) is 7.66. The molecule has 0 radical (unpaired) electrons. The van der Waals surface area contributed by atoms with Crippen LogP contribution in [0.4, 0.5) is 0 Å². The largest absolute Gasteiger partial charge is 0.495 e. The minimum absolute atomic E-state index is 0.0189. The van der Waals surface area contributed by atoms with Crippen LogP contribution in [0.2, 0.25) is 0 Å². The molecule has 1 heterocycles. The Hall–Kier alpha value is -1.09. The molecule has 1 unspecified atom stereocenters. The first-order chi connectivity index (χ1) is 5.65. The number of methoxy groups -OCH3 is 1. The van der Waals surface area contributed by atoms with Crippen LogP contribution in [0.1, 0.15) is 24.4 Å². The maximum atomic E-state index is 5.67. The molecule has 0 saturated carbocycles. The van der Waals surface area contributed by atoms with E-state index in [9.17, 15) is 0 Å². The molecule has 0 fully saturated rings. The van der Waals surface area contributed by atoms with Crippen LogP contribution < -0.4 is 10.5 Å². The summed E-state index contributed by atoms with van der Waals surface area (Å²) in [6, 6.07) is 3.76. The van der Waals surface area contributed by atoms with Crippen molar-refractivity contribution in [3.8, 4) is 5.75 Å². The third-order valence-electron chi connectivity index (χ3n) is 1.75. The predicted octanol–water partition coefficient (Wildman–Crippen LogP) is 1.42. The zero-order chi connectivity index (χ0) is 9.14. The van der Waals surface area contributed by atoms with Crippen LogP contribution in [0.5, 0.6) is 5.75 Å². The molecule has 1 aromatic rings. The molecule has 0 aliphatic heterocycles. The standard InChI is InChI=1S/C9H14N2O/c1-6(10)8-4-5-9(12-3)7(2)11-8/h4-6H,10H2,1-3H3. The number of pyridine rings is 1. The molecule has 3 nitrogen and oxygen atoms in total. The average Bonchev–Trinajstić information content (AvgIpc) is 2.04. The van der Waals surface area contributed by atoms with Crippen LogP contribution >= 0.6 is 0 Å². The van der Waals surface area contributed by atoms with Crippen molar-refractivity contribution in [1.82, 2.24) is 4.98 Å². The first-order valence-corrected chi connectivity index (χ1v) is 3.92. The van der Waals surface area contributed by atoms with E-state index in [-0.39, 0.29) is 6.04 Å². The van der Waals surface area contributed by atoms with E-state index < -0.39 is 0 Å². The summed E-state index contributed by atoms with van der Waals surface area (Å²) in [7, 11) is 1.63. The minimum Gasteiger partial charge on any atom is -0.495 e. The van der Waals surface area contributed by atoms with E-state index in [4.69, 9.17) is 10.5 Å². The van der Waals surface area contributed by atoms with E-state index >= 15 is 0 Å². The third kappa shape index (κ3) is 1.74. The highest BCUT2D eigenvalue weighted by molar-refractivity contribution is 5.28. The van der Waals surface area contributed by atoms with Gasteiger partial charge in [0.15, 0.2) is 0 Å². The van der Waals surface area contributed by atoms with Crippen LogP contribution in [-0.4, -0.2) is 12.1 Å². The van der Waals surface area contributed by atoms with Gasteiger partial charge in [0, 0.05) is 6.04 Å². The maximum absolute atomic E-state index is 5.67. The average molecular weight is 166 g/mol. The topological polar surface area (TPSA) is 48.1 Å². The Kier molecular flexibility index (Phi) is 2.65. The number of ether oxygens (including phenoxy) is 1. The van der Waals surface area contributed by atoms with E-state index in [0.717, 1.165) is 17.1 Å². The summed E-state index contributed by atoms with van der Waals surface area (Å²) < 4.78 is 5.08. The first kappa shape index (κ1) is 9.00. The molecule has 0 aliphatic rings. The van der Waals surface area contributed by atoms with Crippen molar-refractivity contribution in [3.05, 3.63) is 23.5 Å². The van der Waals surface area contributed by atoms with Crippen molar-refractivity contribution in [2.24, 2.45) is 5.73 Å². The molecule has 2 N–H and O–H groups in total. The van der Waals surface area contributed by atoms with Gasteiger partial charge in [-0.25, -0.2) is 0 Å². The zero-order valence-corrected chi connectivity index (χ0v) is 7.66. The third-order valence-corrected chi connectivity index (χ3v) is 1.75. The minimum atomic E-state index is -0.0189. The number of hydrogen-bond donors (Lipinski definition) is 1. The monoisotopic (exact) mass is 166 g/mol. The molecule has 1 atom stereocenters. The van der Waals surface area contributed by atoms with Gasteiger partial charge in [0.1, 0.15) is 5.75 Å². The van der Waals surface area contributed by atoms with Gasteiger partial charge in [0.05, 0.1) is 18.5 Å². The van der Waals surface area contributed by atoms with Crippen LogP contribution in [0, 0.1) is 6.92 Å². The Morgan fingerprint density at radius 2 is 2.17 bits per heavy atom. The highest BCUT2D eigenvalue weighted by Crippen LogP contribution is 2.17. The van der Waals surface area contributed by atoms with Crippen LogP contribution in [0.15, 0.2) is 12.1 Å². The molecule has 0 amide bonds. The lowest BCUT2D eigenvalue weighted by Crippen LogP contribution is -2.08. The molecule has 0 saturated heterocycles. The smallest absolute Gasteiger partial charge is 0.140 e. The van der Waals surface area contributed by atoms with Crippen LogP contribution in [0.3, 0.4) is 0 Å². The Morgan fingerprint density at radius 3 is 2.58 bits per heavy atom. The lowest BCUT2D eigenvalue weighted by Gasteiger charge is -2.08. The summed E-state index contributed by atoms with van der Waals surface area (Å²) in [5.41, 5.74) is 7.45. The van der Waals surface area contributed by atoms with Crippen molar-refractivity contribution < 1.29 is 4.74 Å². The van der Waals surface area contributed by atoms with Gasteiger partial charge in [-0.15, -0.1) is 0 Å². The number of hydrogen-bond acceptors (Lipinski definition) is 3. The van der Waals surface area contributed by atoms with E-state index in [1.54, 1.807) is 7.11 Å². The lowest BCUT2D eigenvalue weighted by molar-refractivity contribution is 0.408. The normalized spacial score (nSPS) is 12.7. The van der Waals surface area contributed by atoms with Crippen molar-refractivity contribution in [3.63, 3.8) is 0 Å². The molecular weight excluding hydrogens is 152 g/mol. The fourth-order valence-corrected chi connectivity index (χ4v) is 1.04. The lowest BCUT2D eigenvalue weighted by atomic mass is 10.2. The number of aryl methyl sites for hydroxylation is 1. The van der Waals surface area contributed by atoms with E-state index in [2.05, 4.69) is 4.98 Å². The molecule has 0 aliphatic carbocycles. The highest BCUT2D eigenvalue weighted by atomic mass is 16.5. The van der Waals surface area contributed by atoms with Gasteiger partial charge >= 0.3 is 0 Å². The van der Waals surface area contributed by atoms with Gasteiger partial charge < -0.3 is 10.5 Å². The molecule has 0 aromatic carbocycles. The number of rotatable bonds is 2. The summed E-state index contributed by atoms with van der Waals surface area (Å²) in [5.74, 6) is 0.805. The molecule has 1 rings (SSSR count). The number of aromatic nitrogens is 1. The van der Waals surface area contributed by atoms with Crippen molar-refractivity contribution >= 4 is 0 Å². The van der Waals surface area contributed by atoms with Crippen LogP contribution in [0.25, 0.3) is 0 Å². The fraction of sp³-hybridized carbons (Fsp3) is 0.444. The van der Waals surface area contributed by atoms with Crippen molar-refractivity contribution in [2.45, 2.75) is 19.9 Å². The molecule has 1 aromatic heterocycles. The molecule has 12 heavy (non-hydrogen) atoms. The predicted molar refractivity (Wildman–Crippen MR) is 48.1 cm³/mol. The summed E-state index contributed by atoms with van der Waals surface area (Å²) in [6.45, 7) is 3.82. The van der Waals surface area contributed by atoms with Crippen LogP contribution in [-0.2, 0) is 0 Å². The first-order valence-electron chi connectivity index (χ1n) is 3.92. The fourth-order valence-electron chi connectivity index (χ4n) is 1.04. The number of nitrogens with two attached hydrogens (primary N) is 1. The quantitative estimate of drug-likeness (QED) is 0.722. The summed E-state index contributed by atoms with van der Waals surface area (Å²) in [4.78, 5) is 4.29. The second kappa shape index (κ2) is 3.54. The second-order valence-electron chi connectivity index (χ2n) is 2.81. The van der Waals surface area contributed by atoms with Gasteiger partial charge in [-0.1, -0.05) is 0 Å². The molecule has 3 heteroatoms. The summed E-state index contributed by atoms with van der Waals surface area (Å²) in [6.07, 6.45) is 0. The summed E-state index contributed by atoms with van der Waals surface area (Å²) >= 11 is 0. The molecular formula is C9H14N2O. The SMILES string of the molecule is COc1ccc(C(C)N)nc1C. The van der Waals surface area contributed by atoms with E-state index in [1.165, 1.54) is 0 Å². The second-order valence-corrected chi connectivity index (χ2v) is 2.81. The Balaban J connectivity index is 3.02. The van der Waals surface area contributed by atoms with Gasteiger partial charge in [-0.3, -0.25) is 4.98 Å². The van der Waals surface area contributed by atoms with Gasteiger partial charge in [0.25, 0.3) is 0 Å². The van der Waals surface area contributed by atoms with E-state index in [1.807, 2.05) is 26.0 Å². The molecule has 66 valence electrons. The maximum Gasteiger partial charge on any atom is 0.140 e. The van der Waals surface area contributed by atoms with E-state index in [0.29, 0.717) is 0 Å². The number of nitrogens with zero attached hydrogens (tertiary/aromatic N) is 1. The molecule has 0 spiro atoms.